The number of halogens is 1. The normalized spacial score (nSPS) is 19.5. The van der Waals surface area contributed by atoms with Crippen molar-refractivity contribution in [2.24, 2.45) is 0 Å². The van der Waals surface area contributed by atoms with E-state index in [-0.39, 0.29) is 11.3 Å². The van der Waals surface area contributed by atoms with Crippen LogP contribution in [0.2, 0.25) is 0 Å². The molecule has 1 aliphatic rings. The third-order valence-electron chi connectivity index (χ3n) is 2.96. The van der Waals surface area contributed by atoms with Gasteiger partial charge in [-0.3, -0.25) is 4.79 Å². The number of carbonyl (C=O) groups is 1. The minimum atomic E-state index is -0.108. The summed E-state index contributed by atoms with van der Waals surface area (Å²) in [6, 6.07) is 7.52. The van der Waals surface area contributed by atoms with E-state index in [9.17, 15) is 4.79 Å². The number of hydrogen-bond donors (Lipinski definition) is 0. The van der Waals surface area contributed by atoms with Crippen LogP contribution in [0, 0.1) is 11.3 Å². The van der Waals surface area contributed by atoms with E-state index < -0.39 is 0 Å². The molecule has 1 saturated heterocycles. The first kappa shape index (κ1) is 11.9. The van der Waals surface area contributed by atoms with E-state index in [4.69, 9.17) is 16.9 Å². The van der Waals surface area contributed by atoms with Gasteiger partial charge in [0, 0.05) is 18.7 Å². The number of hydrogen-bond acceptors (Lipinski definition) is 2. The van der Waals surface area contributed by atoms with E-state index in [0.717, 1.165) is 17.7 Å². The molecule has 1 heterocycles. The number of rotatable bonds is 2. The molecule has 0 bridgehead atoms. The van der Waals surface area contributed by atoms with Gasteiger partial charge in [-0.15, -0.1) is 11.6 Å². The number of amides is 1. The standard InChI is InChI=1S/C13H13ClN2O/c1-2-10-5-9(7-15)3-4-12(10)16-8-11(14)6-13(16)17/h3-5,11H,2,6,8H2,1H3. The SMILES string of the molecule is CCc1cc(C#N)ccc1N1CC(Cl)CC1=O. The highest BCUT2D eigenvalue weighted by Crippen LogP contribution is 2.28. The maximum absolute atomic E-state index is 11.8. The van der Waals surface area contributed by atoms with Crippen LogP contribution in [-0.2, 0) is 11.2 Å². The molecule has 1 atom stereocenters. The van der Waals surface area contributed by atoms with Crippen LogP contribution in [0.15, 0.2) is 18.2 Å². The molecule has 1 unspecified atom stereocenters. The fourth-order valence-electron chi connectivity index (χ4n) is 2.10. The Morgan fingerprint density at radius 3 is 2.88 bits per heavy atom. The van der Waals surface area contributed by atoms with Crippen molar-refractivity contribution in [3.63, 3.8) is 0 Å². The lowest BCUT2D eigenvalue weighted by Gasteiger charge is -2.19. The molecule has 0 radical (unpaired) electrons. The molecule has 0 aromatic heterocycles. The van der Waals surface area contributed by atoms with E-state index in [1.165, 1.54) is 0 Å². The predicted octanol–water partition coefficient (Wildman–Crippen LogP) is 2.46. The molecule has 0 N–H and O–H groups in total. The van der Waals surface area contributed by atoms with Gasteiger partial charge in [0.15, 0.2) is 0 Å². The summed E-state index contributed by atoms with van der Waals surface area (Å²) < 4.78 is 0. The lowest BCUT2D eigenvalue weighted by molar-refractivity contribution is -0.117. The largest absolute Gasteiger partial charge is 0.311 e. The van der Waals surface area contributed by atoms with Crippen LogP contribution in [0.4, 0.5) is 5.69 Å². The Morgan fingerprint density at radius 2 is 2.35 bits per heavy atom. The number of anilines is 1. The second-order valence-corrected chi connectivity index (χ2v) is 4.73. The lowest BCUT2D eigenvalue weighted by atomic mass is 10.1. The van der Waals surface area contributed by atoms with Crippen LogP contribution in [0.25, 0.3) is 0 Å². The molecule has 88 valence electrons. The van der Waals surface area contributed by atoms with E-state index >= 15 is 0 Å². The summed E-state index contributed by atoms with van der Waals surface area (Å²) in [7, 11) is 0. The average molecular weight is 249 g/mol. The van der Waals surface area contributed by atoms with E-state index in [2.05, 4.69) is 6.07 Å². The van der Waals surface area contributed by atoms with Crippen molar-refractivity contribution in [3.8, 4) is 6.07 Å². The zero-order valence-electron chi connectivity index (χ0n) is 9.61. The molecule has 2 rings (SSSR count). The summed E-state index contributed by atoms with van der Waals surface area (Å²) in [6.07, 6.45) is 1.19. The van der Waals surface area contributed by atoms with E-state index in [1.54, 1.807) is 11.0 Å². The van der Waals surface area contributed by atoms with Gasteiger partial charge in [0.1, 0.15) is 0 Å². The van der Waals surface area contributed by atoms with Gasteiger partial charge in [-0.05, 0) is 30.2 Å². The molecule has 1 aliphatic heterocycles. The predicted molar refractivity (Wildman–Crippen MR) is 67.1 cm³/mol. The fourth-order valence-corrected chi connectivity index (χ4v) is 2.37. The number of nitriles is 1. The number of nitrogens with zero attached hydrogens (tertiary/aromatic N) is 2. The minimum Gasteiger partial charge on any atom is -0.311 e. The van der Waals surface area contributed by atoms with Gasteiger partial charge >= 0.3 is 0 Å². The van der Waals surface area contributed by atoms with Crippen LogP contribution in [-0.4, -0.2) is 17.8 Å². The highest BCUT2D eigenvalue weighted by atomic mass is 35.5. The van der Waals surface area contributed by atoms with Crippen molar-refractivity contribution < 1.29 is 4.79 Å². The van der Waals surface area contributed by atoms with Crippen molar-refractivity contribution in [1.29, 1.82) is 5.26 Å². The molecule has 1 amide bonds. The molecular formula is C13H13ClN2O. The highest BCUT2D eigenvalue weighted by Gasteiger charge is 2.30. The fraction of sp³-hybridized carbons (Fsp3) is 0.385. The van der Waals surface area contributed by atoms with Crippen LogP contribution in [0.1, 0.15) is 24.5 Å². The molecular weight excluding hydrogens is 236 g/mol. The Balaban J connectivity index is 2.39. The van der Waals surface area contributed by atoms with Crippen molar-refractivity contribution >= 4 is 23.2 Å². The molecule has 1 fully saturated rings. The zero-order valence-corrected chi connectivity index (χ0v) is 10.4. The smallest absolute Gasteiger partial charge is 0.228 e. The maximum Gasteiger partial charge on any atom is 0.228 e. The van der Waals surface area contributed by atoms with Gasteiger partial charge in [0.05, 0.1) is 17.0 Å². The molecule has 4 heteroatoms. The van der Waals surface area contributed by atoms with Crippen LogP contribution in [0.3, 0.4) is 0 Å². The molecule has 0 aliphatic carbocycles. The Kier molecular flexibility index (Phi) is 3.35. The minimum absolute atomic E-state index is 0.0596. The molecule has 0 spiro atoms. The summed E-state index contributed by atoms with van der Waals surface area (Å²) >= 11 is 5.99. The van der Waals surface area contributed by atoms with Crippen LogP contribution in [0.5, 0.6) is 0 Å². The second-order valence-electron chi connectivity index (χ2n) is 4.11. The number of benzene rings is 1. The average Bonchev–Trinajstić information content (AvgIpc) is 2.67. The first-order valence-corrected chi connectivity index (χ1v) is 6.06. The number of aryl methyl sites for hydroxylation is 1. The number of carbonyl (C=O) groups excluding carboxylic acids is 1. The summed E-state index contributed by atoms with van der Waals surface area (Å²) in [5.74, 6) is 0.0596. The summed E-state index contributed by atoms with van der Waals surface area (Å²) in [6.45, 7) is 2.57. The van der Waals surface area contributed by atoms with Gasteiger partial charge in [0.2, 0.25) is 5.91 Å². The summed E-state index contributed by atoms with van der Waals surface area (Å²) in [5, 5.41) is 8.75. The quantitative estimate of drug-likeness (QED) is 0.755. The van der Waals surface area contributed by atoms with Crippen molar-refractivity contribution in [1.82, 2.24) is 0 Å². The second kappa shape index (κ2) is 4.77. The van der Waals surface area contributed by atoms with Gasteiger partial charge in [-0.2, -0.15) is 5.26 Å². The molecule has 0 saturated carbocycles. The first-order chi connectivity index (χ1) is 8.15. The Bertz CT molecular complexity index is 493. The molecule has 1 aromatic carbocycles. The lowest BCUT2D eigenvalue weighted by Crippen LogP contribution is -2.25. The van der Waals surface area contributed by atoms with Crippen LogP contribution >= 0.6 is 11.6 Å². The Hall–Kier alpha value is -1.53. The topological polar surface area (TPSA) is 44.1 Å². The van der Waals surface area contributed by atoms with E-state index in [0.29, 0.717) is 18.5 Å². The molecule has 3 nitrogen and oxygen atoms in total. The van der Waals surface area contributed by atoms with Gasteiger partial charge in [-0.25, -0.2) is 0 Å². The van der Waals surface area contributed by atoms with Crippen LogP contribution < -0.4 is 4.90 Å². The maximum atomic E-state index is 11.8. The third kappa shape index (κ3) is 2.27. The molecule has 17 heavy (non-hydrogen) atoms. The van der Waals surface area contributed by atoms with Crippen molar-refractivity contribution in [3.05, 3.63) is 29.3 Å². The number of alkyl halides is 1. The van der Waals surface area contributed by atoms with Crippen molar-refractivity contribution in [2.45, 2.75) is 25.1 Å². The highest BCUT2D eigenvalue weighted by molar-refractivity contribution is 6.24. The third-order valence-corrected chi connectivity index (χ3v) is 3.25. The summed E-state index contributed by atoms with van der Waals surface area (Å²) in [4.78, 5) is 13.5. The molecule has 1 aromatic rings. The summed E-state index contributed by atoms with van der Waals surface area (Å²) in [5.41, 5.74) is 2.53. The van der Waals surface area contributed by atoms with Gasteiger partial charge in [-0.1, -0.05) is 6.92 Å². The Labute approximate surface area is 106 Å². The zero-order chi connectivity index (χ0) is 12.4. The van der Waals surface area contributed by atoms with Crippen molar-refractivity contribution in [2.75, 3.05) is 11.4 Å². The van der Waals surface area contributed by atoms with Gasteiger partial charge < -0.3 is 4.90 Å². The first-order valence-electron chi connectivity index (χ1n) is 5.63. The van der Waals surface area contributed by atoms with Gasteiger partial charge in [0.25, 0.3) is 0 Å². The Morgan fingerprint density at radius 1 is 1.59 bits per heavy atom. The monoisotopic (exact) mass is 248 g/mol. The van der Waals surface area contributed by atoms with E-state index in [1.807, 2.05) is 19.1 Å².